The van der Waals surface area contributed by atoms with Crippen LogP contribution in [0.3, 0.4) is 0 Å². The van der Waals surface area contributed by atoms with E-state index in [9.17, 15) is 4.79 Å². The van der Waals surface area contributed by atoms with Crippen LogP contribution in [0, 0.1) is 5.41 Å². The third kappa shape index (κ3) is 2.95. The summed E-state index contributed by atoms with van der Waals surface area (Å²) in [6, 6.07) is 0. The molecule has 0 aromatic carbocycles. The van der Waals surface area contributed by atoms with Gasteiger partial charge in [0.2, 0.25) is 5.91 Å². The van der Waals surface area contributed by atoms with Crippen LogP contribution in [0.2, 0.25) is 0 Å². The van der Waals surface area contributed by atoms with E-state index < -0.39 is 0 Å². The van der Waals surface area contributed by atoms with Gasteiger partial charge >= 0.3 is 0 Å². The number of nitrogens with one attached hydrogen (secondary N) is 1. The Bertz CT molecular complexity index is 227. The highest BCUT2D eigenvalue weighted by Crippen LogP contribution is 2.45. The summed E-state index contributed by atoms with van der Waals surface area (Å²) in [6.45, 7) is 2.32. The number of hydrogen-bond acceptors (Lipinski definition) is 3. The van der Waals surface area contributed by atoms with Crippen molar-refractivity contribution in [1.82, 2.24) is 10.2 Å². The van der Waals surface area contributed by atoms with Crippen LogP contribution in [-0.2, 0) is 9.53 Å². The third-order valence-corrected chi connectivity index (χ3v) is 3.59. The number of carbonyl (C=O) groups excluding carboxylic acids is 1. The summed E-state index contributed by atoms with van der Waals surface area (Å²) >= 11 is 0. The molecule has 16 heavy (non-hydrogen) atoms. The molecule has 0 unspecified atom stereocenters. The van der Waals surface area contributed by atoms with Crippen molar-refractivity contribution in [2.24, 2.45) is 5.41 Å². The molecule has 1 amide bonds. The molecule has 1 N–H and O–H groups in total. The molecule has 1 fully saturated rings. The number of methoxy groups -OCH3 is 1. The van der Waals surface area contributed by atoms with E-state index in [0.29, 0.717) is 12.5 Å². The van der Waals surface area contributed by atoms with Gasteiger partial charge in [-0.1, -0.05) is 6.42 Å². The Balaban J connectivity index is 2.48. The predicted octanol–water partition coefficient (Wildman–Crippen LogP) is 0.871. The predicted molar refractivity (Wildman–Crippen MR) is 64.3 cm³/mol. The number of carbonyl (C=O) groups is 1. The van der Waals surface area contributed by atoms with Gasteiger partial charge in [0.25, 0.3) is 0 Å². The van der Waals surface area contributed by atoms with Gasteiger partial charge in [-0.3, -0.25) is 4.79 Å². The van der Waals surface area contributed by atoms with E-state index >= 15 is 0 Å². The number of ether oxygens (including phenoxy) is 1. The van der Waals surface area contributed by atoms with Gasteiger partial charge in [-0.2, -0.15) is 0 Å². The summed E-state index contributed by atoms with van der Waals surface area (Å²) in [5, 5.41) is 3.07. The average Bonchev–Trinajstić information content (AvgIpc) is 2.24. The first kappa shape index (κ1) is 13.5. The fourth-order valence-electron chi connectivity index (χ4n) is 2.26. The summed E-state index contributed by atoms with van der Waals surface area (Å²) in [5.41, 5.74) is -0.113. The van der Waals surface area contributed by atoms with E-state index in [2.05, 4.69) is 5.32 Å². The molecule has 1 aliphatic rings. The van der Waals surface area contributed by atoms with Gasteiger partial charge in [0.15, 0.2) is 0 Å². The maximum atomic E-state index is 12.3. The van der Waals surface area contributed by atoms with Gasteiger partial charge in [-0.25, -0.2) is 0 Å². The minimum atomic E-state index is -0.113. The minimum Gasteiger partial charge on any atom is -0.385 e. The molecule has 4 heteroatoms. The van der Waals surface area contributed by atoms with E-state index in [-0.39, 0.29) is 5.41 Å². The monoisotopic (exact) mass is 228 g/mol. The Morgan fingerprint density at radius 2 is 2.19 bits per heavy atom. The van der Waals surface area contributed by atoms with E-state index in [1.807, 2.05) is 19.0 Å². The molecule has 0 spiro atoms. The van der Waals surface area contributed by atoms with Crippen LogP contribution in [0.4, 0.5) is 0 Å². The molecule has 0 bridgehead atoms. The summed E-state index contributed by atoms with van der Waals surface area (Å²) in [6.07, 6.45) is 4.10. The van der Waals surface area contributed by atoms with Gasteiger partial charge in [0.05, 0.1) is 5.41 Å². The van der Waals surface area contributed by atoms with Crippen LogP contribution in [0.5, 0.6) is 0 Å². The molecule has 1 aliphatic carbocycles. The lowest BCUT2D eigenvalue weighted by Gasteiger charge is -2.42. The van der Waals surface area contributed by atoms with Gasteiger partial charge < -0.3 is 15.0 Å². The maximum absolute atomic E-state index is 12.3. The van der Waals surface area contributed by atoms with Crippen LogP contribution >= 0.6 is 0 Å². The number of rotatable bonds is 7. The average molecular weight is 228 g/mol. The van der Waals surface area contributed by atoms with Crippen molar-refractivity contribution >= 4 is 5.91 Å². The van der Waals surface area contributed by atoms with E-state index in [0.717, 1.165) is 32.4 Å². The van der Waals surface area contributed by atoms with E-state index in [4.69, 9.17) is 4.74 Å². The fourth-order valence-corrected chi connectivity index (χ4v) is 2.26. The molecule has 0 atom stereocenters. The fraction of sp³-hybridized carbons (Fsp3) is 0.917. The summed E-state index contributed by atoms with van der Waals surface area (Å²) < 4.78 is 5.10. The summed E-state index contributed by atoms with van der Waals surface area (Å²) in [7, 11) is 5.50. The topological polar surface area (TPSA) is 41.6 Å². The normalized spacial score (nSPS) is 17.9. The third-order valence-electron chi connectivity index (χ3n) is 3.59. The van der Waals surface area contributed by atoms with Crippen molar-refractivity contribution in [3.63, 3.8) is 0 Å². The van der Waals surface area contributed by atoms with Crippen LogP contribution < -0.4 is 5.32 Å². The van der Waals surface area contributed by atoms with Gasteiger partial charge in [-0.05, 0) is 26.3 Å². The molecule has 0 saturated heterocycles. The SMILES string of the molecule is CNCCN(C)C(=O)C1(CCOC)CCC1. The first-order valence-electron chi connectivity index (χ1n) is 6.05. The van der Waals surface area contributed by atoms with Crippen molar-refractivity contribution < 1.29 is 9.53 Å². The molecule has 1 saturated carbocycles. The Hall–Kier alpha value is -0.610. The lowest BCUT2D eigenvalue weighted by molar-refractivity contribution is -0.147. The zero-order valence-electron chi connectivity index (χ0n) is 10.7. The highest BCUT2D eigenvalue weighted by atomic mass is 16.5. The van der Waals surface area contributed by atoms with Crippen LogP contribution in [-0.4, -0.2) is 51.7 Å². The summed E-state index contributed by atoms with van der Waals surface area (Å²) in [5.74, 6) is 0.297. The first-order valence-corrected chi connectivity index (χ1v) is 6.05. The maximum Gasteiger partial charge on any atom is 0.228 e. The molecule has 0 aromatic rings. The Morgan fingerprint density at radius 1 is 1.50 bits per heavy atom. The molecule has 0 aliphatic heterocycles. The first-order chi connectivity index (χ1) is 7.66. The smallest absolute Gasteiger partial charge is 0.228 e. The molecular formula is C12H24N2O2. The Kier molecular flexibility index (Phi) is 5.22. The molecule has 94 valence electrons. The van der Waals surface area contributed by atoms with Crippen molar-refractivity contribution in [2.75, 3.05) is 40.9 Å². The zero-order valence-corrected chi connectivity index (χ0v) is 10.7. The number of hydrogen-bond donors (Lipinski definition) is 1. The van der Waals surface area contributed by atoms with Gasteiger partial charge in [0, 0.05) is 33.9 Å². The number of amides is 1. The standard InChI is InChI=1S/C12H24N2O2/c1-13-8-9-14(2)11(15)12(5-4-6-12)7-10-16-3/h13H,4-10H2,1-3H3. The molecule has 4 nitrogen and oxygen atoms in total. The Labute approximate surface area is 98.3 Å². The van der Waals surface area contributed by atoms with Gasteiger partial charge in [-0.15, -0.1) is 0 Å². The quantitative estimate of drug-likeness (QED) is 0.703. The Morgan fingerprint density at radius 3 is 2.62 bits per heavy atom. The highest BCUT2D eigenvalue weighted by molar-refractivity contribution is 5.83. The minimum absolute atomic E-state index is 0.113. The molecule has 0 heterocycles. The van der Waals surface area contributed by atoms with Crippen LogP contribution in [0.1, 0.15) is 25.7 Å². The van der Waals surface area contributed by atoms with Crippen LogP contribution in [0.15, 0.2) is 0 Å². The van der Waals surface area contributed by atoms with Crippen LogP contribution in [0.25, 0.3) is 0 Å². The molecule has 0 aromatic heterocycles. The second-order valence-electron chi connectivity index (χ2n) is 4.71. The zero-order chi connectivity index (χ0) is 12.0. The summed E-state index contributed by atoms with van der Waals surface area (Å²) in [4.78, 5) is 14.2. The second kappa shape index (κ2) is 6.21. The number of likely N-dealkylation sites (N-methyl/N-ethyl adjacent to an activating group) is 2. The lowest BCUT2D eigenvalue weighted by Crippen LogP contribution is -2.48. The van der Waals surface area contributed by atoms with E-state index in [1.165, 1.54) is 6.42 Å². The van der Waals surface area contributed by atoms with Crippen molar-refractivity contribution in [3.05, 3.63) is 0 Å². The number of nitrogens with zero attached hydrogens (tertiary/aromatic N) is 1. The van der Waals surface area contributed by atoms with E-state index in [1.54, 1.807) is 7.11 Å². The largest absolute Gasteiger partial charge is 0.385 e. The highest BCUT2D eigenvalue weighted by Gasteiger charge is 2.44. The van der Waals surface area contributed by atoms with Crippen molar-refractivity contribution in [1.29, 1.82) is 0 Å². The molecule has 0 radical (unpaired) electrons. The molecular weight excluding hydrogens is 204 g/mol. The van der Waals surface area contributed by atoms with Crippen molar-refractivity contribution in [3.8, 4) is 0 Å². The second-order valence-corrected chi connectivity index (χ2v) is 4.71. The lowest BCUT2D eigenvalue weighted by atomic mass is 9.66. The van der Waals surface area contributed by atoms with Crippen molar-refractivity contribution in [2.45, 2.75) is 25.7 Å². The molecule has 1 rings (SSSR count). The van der Waals surface area contributed by atoms with Gasteiger partial charge in [0.1, 0.15) is 0 Å².